The van der Waals surface area contributed by atoms with Gasteiger partial charge in [0.1, 0.15) is 12.2 Å². The van der Waals surface area contributed by atoms with Gasteiger partial charge in [-0.3, -0.25) is 35.1 Å². The fourth-order valence-corrected chi connectivity index (χ4v) is 3.68. The Hall–Kier alpha value is -1.71. The first-order valence-electron chi connectivity index (χ1n) is 15.8. The quantitative estimate of drug-likeness (QED) is 0.0431. The predicted molar refractivity (Wildman–Crippen MR) is 170 cm³/mol. The number of aliphatic carboxylic acids is 1. The first-order valence-corrected chi connectivity index (χ1v) is 15.8. The van der Waals surface area contributed by atoms with Crippen molar-refractivity contribution >= 4 is 41.9 Å². The summed E-state index contributed by atoms with van der Waals surface area (Å²) in [7, 11) is 0. The van der Waals surface area contributed by atoms with Gasteiger partial charge in [0.25, 0.3) is 5.97 Å². The number of unbranched alkanes of at least 4 members (excludes halogenated alkanes) is 4. The van der Waals surface area contributed by atoms with E-state index in [2.05, 4.69) is 4.74 Å². The Morgan fingerprint density at radius 1 is 0.596 bits per heavy atom. The molecule has 0 radical (unpaired) electrons. The van der Waals surface area contributed by atoms with E-state index >= 15 is 0 Å². The fraction of sp³-hybridized carbons (Fsp3) is 0.788. The Balaban J connectivity index is -0.000000201. The third kappa shape index (κ3) is 35.4. The molecule has 0 rings (SSSR count). The zero-order chi connectivity index (χ0) is 35.3. The number of hydrogen-bond acceptors (Lipinski definition) is 12. The zero-order valence-corrected chi connectivity index (χ0v) is 33.3. The second-order valence-corrected chi connectivity index (χ2v) is 11.4. The fourth-order valence-electron chi connectivity index (χ4n) is 3.68. The molecule has 0 fully saturated rings. The zero-order valence-electron chi connectivity index (χ0n) is 30.2. The van der Waals surface area contributed by atoms with Crippen molar-refractivity contribution < 1.29 is 114 Å². The molecule has 2 N–H and O–H groups in total. The smallest absolute Gasteiger partial charge is 0.870 e. The van der Waals surface area contributed by atoms with Gasteiger partial charge in [-0.25, -0.2) is 0 Å². The summed E-state index contributed by atoms with van der Waals surface area (Å²) in [6.07, 6.45) is 7.94. The van der Waals surface area contributed by atoms with Crippen LogP contribution in [0.2, 0.25) is 0 Å². The van der Waals surface area contributed by atoms with Crippen molar-refractivity contribution in [1.82, 2.24) is 0 Å². The van der Waals surface area contributed by atoms with E-state index in [9.17, 15) is 33.6 Å². The molecular formula is C33H58KO13-. The monoisotopic (exact) mass is 701 g/mol. The molecule has 14 heteroatoms. The number of carboxylic acids is 1. The van der Waals surface area contributed by atoms with Gasteiger partial charge in [0.2, 0.25) is 0 Å². The maximum atomic E-state index is 11.7. The molecule has 0 atom stereocenters. The first-order chi connectivity index (χ1) is 21.0. The van der Waals surface area contributed by atoms with E-state index < -0.39 is 28.7 Å². The summed E-state index contributed by atoms with van der Waals surface area (Å²) in [5, 5.41) is 8.46. The molecule has 0 aliphatic heterocycles. The maximum Gasteiger partial charge on any atom is 1.00 e. The van der Waals surface area contributed by atoms with E-state index in [1.165, 1.54) is 6.29 Å². The maximum absolute atomic E-state index is 11.7. The number of ketones is 1. The van der Waals surface area contributed by atoms with Crippen LogP contribution in [0.25, 0.3) is 0 Å². The predicted octanol–water partition coefficient (Wildman–Crippen LogP) is 2.54. The Kier molecular flexibility index (Phi) is 39.8. The topological polar surface area (TPSA) is 207 Å². The van der Waals surface area contributed by atoms with Crippen LogP contribution in [-0.2, 0) is 52.5 Å². The average Bonchev–Trinajstić information content (AvgIpc) is 2.93. The van der Waals surface area contributed by atoms with Crippen LogP contribution in [0.15, 0.2) is 0 Å². The van der Waals surface area contributed by atoms with E-state index in [0.717, 1.165) is 44.9 Å². The molecule has 0 bridgehead atoms. The molecule has 0 aromatic rings. The van der Waals surface area contributed by atoms with Crippen LogP contribution in [0.4, 0.5) is 0 Å². The summed E-state index contributed by atoms with van der Waals surface area (Å²) < 4.78 is 19.1. The summed E-state index contributed by atoms with van der Waals surface area (Å²) in [6, 6.07) is 0. The third-order valence-electron chi connectivity index (χ3n) is 6.27. The molecule has 0 aromatic carbocycles. The van der Waals surface area contributed by atoms with E-state index in [1.54, 1.807) is 27.7 Å². The van der Waals surface area contributed by atoms with Gasteiger partial charge in [-0.1, -0.05) is 32.1 Å². The van der Waals surface area contributed by atoms with Crippen LogP contribution < -0.4 is 51.4 Å². The SMILES string of the molecule is CCOC(=O)C(C)(C)CCCCCC(=O)O.CCOC(=O)CC(=O)CCCCCC(C)(C)C(=O)OCC.CCOC(=O)C[C-]=O.[K+].[OH-]. The number of rotatable bonds is 22. The van der Waals surface area contributed by atoms with Crippen molar-refractivity contribution in [3.8, 4) is 0 Å². The van der Waals surface area contributed by atoms with E-state index in [0.29, 0.717) is 39.3 Å². The molecule has 0 unspecified atom stereocenters. The number of ether oxygens (including phenoxy) is 4. The van der Waals surface area contributed by atoms with Gasteiger partial charge in [0, 0.05) is 12.8 Å². The number of carbonyl (C=O) groups excluding carboxylic acids is 6. The molecule has 0 amide bonds. The minimum atomic E-state index is -0.760. The van der Waals surface area contributed by atoms with Crippen LogP contribution in [0.1, 0.15) is 132 Å². The Morgan fingerprint density at radius 2 is 0.979 bits per heavy atom. The van der Waals surface area contributed by atoms with Crippen molar-refractivity contribution in [3.05, 3.63) is 0 Å². The largest absolute Gasteiger partial charge is 1.00 e. The number of Topliss-reactive ketones (excluding diaryl/α,β-unsaturated/α-hetero) is 1. The molecular weight excluding hydrogens is 643 g/mol. The number of esters is 4. The molecule has 0 saturated heterocycles. The summed E-state index contributed by atoms with van der Waals surface area (Å²) in [4.78, 5) is 75.7. The van der Waals surface area contributed by atoms with Crippen molar-refractivity contribution in [1.29, 1.82) is 0 Å². The van der Waals surface area contributed by atoms with Gasteiger partial charge >= 0.3 is 75.3 Å². The molecule has 0 saturated carbocycles. The van der Waals surface area contributed by atoms with Gasteiger partial charge in [0.15, 0.2) is 0 Å². The van der Waals surface area contributed by atoms with Crippen LogP contribution >= 0.6 is 0 Å². The van der Waals surface area contributed by atoms with Crippen molar-refractivity contribution in [2.24, 2.45) is 10.8 Å². The van der Waals surface area contributed by atoms with Gasteiger partial charge in [0.05, 0.1) is 37.3 Å². The van der Waals surface area contributed by atoms with Gasteiger partial charge < -0.3 is 34.3 Å². The molecule has 0 spiro atoms. The average molecular weight is 702 g/mol. The number of carboxylic acid groups (broad SMARTS) is 1. The first kappa shape index (κ1) is 54.7. The van der Waals surface area contributed by atoms with Crippen molar-refractivity contribution in [2.75, 3.05) is 26.4 Å². The van der Waals surface area contributed by atoms with E-state index in [1.807, 2.05) is 27.7 Å². The standard InChI is InChI=1S/C16H28O5.C12H22O4.C5H7O3.K.H2O/c1-5-20-14(18)12-13(17)10-8-7-9-11-16(3,4)15(19)21-6-2;1-4-16-11(15)12(2,3)9-7-5-6-8-10(13)14;1-2-8-5(7)3-4-6;;/h5-12H2,1-4H3;4-9H2,1-3H3,(H,13,14);2-3H2,1H3;;1H2/q;;-1;+1;/p-1. The van der Waals surface area contributed by atoms with Crippen LogP contribution in [-0.4, -0.2) is 78.9 Å². The van der Waals surface area contributed by atoms with Crippen molar-refractivity contribution in [2.45, 2.75) is 132 Å². The molecule has 47 heavy (non-hydrogen) atoms. The Labute approximate surface area is 323 Å². The number of carbonyl (C=O) groups is 6. The normalized spacial score (nSPS) is 10.1. The minimum absolute atomic E-state index is 0. The summed E-state index contributed by atoms with van der Waals surface area (Å²) in [5.74, 6) is -2.16. The summed E-state index contributed by atoms with van der Waals surface area (Å²) in [5.41, 5.74) is -0.940. The summed E-state index contributed by atoms with van der Waals surface area (Å²) in [6.45, 7) is 15.9. The van der Waals surface area contributed by atoms with Gasteiger partial charge in [-0.15, -0.1) is 0 Å². The van der Waals surface area contributed by atoms with Gasteiger partial charge in [-0.2, -0.15) is 0 Å². The molecule has 270 valence electrons. The molecule has 0 heterocycles. The second kappa shape index (κ2) is 34.2. The van der Waals surface area contributed by atoms with Crippen LogP contribution in [0, 0.1) is 10.8 Å². The van der Waals surface area contributed by atoms with Crippen molar-refractivity contribution in [3.63, 3.8) is 0 Å². The van der Waals surface area contributed by atoms with E-state index in [4.69, 9.17) is 19.3 Å². The molecule has 0 aliphatic carbocycles. The van der Waals surface area contributed by atoms with Crippen LogP contribution in [0.5, 0.6) is 0 Å². The Morgan fingerprint density at radius 3 is 1.34 bits per heavy atom. The second-order valence-electron chi connectivity index (χ2n) is 11.4. The Bertz CT molecular complexity index is 886. The third-order valence-corrected chi connectivity index (χ3v) is 6.27. The summed E-state index contributed by atoms with van der Waals surface area (Å²) >= 11 is 0. The molecule has 0 aliphatic rings. The minimum Gasteiger partial charge on any atom is -0.870 e. The molecule has 0 aromatic heterocycles. The van der Waals surface area contributed by atoms with E-state index in [-0.39, 0.29) is 93.8 Å². The number of hydrogen-bond donors (Lipinski definition) is 1. The van der Waals surface area contributed by atoms with Crippen LogP contribution in [0.3, 0.4) is 0 Å². The van der Waals surface area contributed by atoms with Gasteiger partial charge in [-0.05, 0) is 81.1 Å². The molecule has 13 nitrogen and oxygen atoms in total.